The van der Waals surface area contributed by atoms with Crippen molar-refractivity contribution in [2.45, 2.75) is 38.6 Å². The molecule has 1 aromatic heterocycles. The van der Waals surface area contributed by atoms with Crippen LogP contribution in [0.1, 0.15) is 29.9 Å². The molecule has 2 aliphatic rings. The number of carbonyl (C=O) groups is 1. The van der Waals surface area contributed by atoms with Crippen LogP contribution in [0.2, 0.25) is 0 Å². The lowest BCUT2D eigenvalue weighted by Gasteiger charge is -2.16. The van der Waals surface area contributed by atoms with Crippen molar-refractivity contribution in [3.05, 3.63) is 47.0 Å². The van der Waals surface area contributed by atoms with Crippen LogP contribution < -0.4 is 4.90 Å². The molecule has 4 nitrogen and oxygen atoms in total. The number of benzene rings is 1. The molecule has 0 bridgehead atoms. The van der Waals surface area contributed by atoms with E-state index in [0.717, 1.165) is 43.4 Å². The van der Waals surface area contributed by atoms with E-state index in [9.17, 15) is 13.6 Å². The van der Waals surface area contributed by atoms with E-state index >= 15 is 0 Å². The fourth-order valence-corrected chi connectivity index (χ4v) is 3.45. The van der Waals surface area contributed by atoms with Crippen molar-refractivity contribution in [2.24, 2.45) is 0 Å². The van der Waals surface area contributed by atoms with Crippen LogP contribution in [0.5, 0.6) is 0 Å². The third-order valence-electron chi connectivity index (χ3n) is 4.61. The first kappa shape index (κ1) is 14.4. The van der Waals surface area contributed by atoms with E-state index in [1.807, 2.05) is 6.20 Å². The molecule has 0 aliphatic carbocycles. The van der Waals surface area contributed by atoms with Gasteiger partial charge in [0, 0.05) is 31.8 Å². The summed E-state index contributed by atoms with van der Waals surface area (Å²) in [6.07, 6.45) is 5.91. The van der Waals surface area contributed by atoms with Gasteiger partial charge in [-0.3, -0.25) is 4.79 Å². The standard InChI is InChI=1S/C17H17F2N3O/c18-13-7-11-4-6-22(15(11)9-14(13)19)17(23)8-12-10-21-5-2-1-3-16(21)20-12/h7,9-10H,1-6,8H2. The molecule has 1 aromatic carbocycles. The van der Waals surface area contributed by atoms with Gasteiger partial charge in [0.1, 0.15) is 5.82 Å². The largest absolute Gasteiger partial charge is 0.335 e. The van der Waals surface area contributed by atoms with E-state index in [0.29, 0.717) is 24.2 Å². The summed E-state index contributed by atoms with van der Waals surface area (Å²) in [5.74, 6) is -0.861. The van der Waals surface area contributed by atoms with Crippen LogP contribution in [0.3, 0.4) is 0 Å². The van der Waals surface area contributed by atoms with E-state index < -0.39 is 11.6 Å². The molecule has 0 spiro atoms. The Morgan fingerprint density at radius 2 is 1.96 bits per heavy atom. The molecule has 6 heteroatoms. The SMILES string of the molecule is O=C(Cc1cn2c(n1)CCCC2)N1CCc2cc(F)c(F)cc21. The van der Waals surface area contributed by atoms with Gasteiger partial charge in [0.15, 0.2) is 11.6 Å². The monoisotopic (exact) mass is 317 g/mol. The number of rotatable bonds is 2. The van der Waals surface area contributed by atoms with Crippen LogP contribution in [0.15, 0.2) is 18.3 Å². The molecule has 0 radical (unpaired) electrons. The van der Waals surface area contributed by atoms with Gasteiger partial charge < -0.3 is 9.47 Å². The highest BCUT2D eigenvalue weighted by molar-refractivity contribution is 5.96. The fraction of sp³-hybridized carbons (Fsp3) is 0.412. The lowest BCUT2D eigenvalue weighted by Crippen LogP contribution is -2.30. The van der Waals surface area contributed by atoms with Crippen molar-refractivity contribution in [1.29, 1.82) is 0 Å². The molecule has 120 valence electrons. The van der Waals surface area contributed by atoms with E-state index in [4.69, 9.17) is 0 Å². The number of carbonyl (C=O) groups excluding carboxylic acids is 1. The molecule has 3 heterocycles. The van der Waals surface area contributed by atoms with E-state index in [-0.39, 0.29) is 12.3 Å². The average molecular weight is 317 g/mol. The zero-order valence-electron chi connectivity index (χ0n) is 12.7. The minimum absolute atomic E-state index is 0.120. The Morgan fingerprint density at radius 1 is 1.13 bits per heavy atom. The van der Waals surface area contributed by atoms with Crippen molar-refractivity contribution in [2.75, 3.05) is 11.4 Å². The van der Waals surface area contributed by atoms with E-state index in [2.05, 4.69) is 9.55 Å². The predicted molar refractivity (Wildman–Crippen MR) is 81.3 cm³/mol. The first-order chi connectivity index (χ1) is 11.1. The highest BCUT2D eigenvalue weighted by atomic mass is 19.2. The van der Waals surface area contributed by atoms with Crippen LogP contribution in [-0.2, 0) is 30.6 Å². The molecule has 2 aliphatic heterocycles. The Bertz CT molecular complexity index is 761. The third kappa shape index (κ3) is 2.52. The van der Waals surface area contributed by atoms with Crippen molar-refractivity contribution in [3.8, 4) is 0 Å². The molecular weight excluding hydrogens is 300 g/mol. The van der Waals surface area contributed by atoms with Gasteiger partial charge in [0.05, 0.1) is 17.8 Å². The maximum absolute atomic E-state index is 13.5. The quantitative estimate of drug-likeness (QED) is 0.854. The van der Waals surface area contributed by atoms with Crippen molar-refractivity contribution >= 4 is 11.6 Å². The number of halogens is 2. The number of aromatic nitrogens is 2. The highest BCUT2D eigenvalue weighted by Gasteiger charge is 2.27. The molecule has 0 fully saturated rings. The minimum Gasteiger partial charge on any atom is -0.335 e. The molecule has 0 saturated carbocycles. The first-order valence-corrected chi connectivity index (χ1v) is 7.95. The molecule has 0 saturated heterocycles. The second-order valence-electron chi connectivity index (χ2n) is 6.17. The molecule has 4 rings (SSSR count). The lowest BCUT2D eigenvalue weighted by atomic mass is 10.1. The predicted octanol–water partition coefficient (Wildman–Crippen LogP) is 2.63. The Balaban J connectivity index is 1.55. The summed E-state index contributed by atoms with van der Waals surface area (Å²) in [6, 6.07) is 2.31. The van der Waals surface area contributed by atoms with Gasteiger partial charge in [-0.05, 0) is 30.9 Å². The van der Waals surface area contributed by atoms with Gasteiger partial charge in [-0.2, -0.15) is 0 Å². The smallest absolute Gasteiger partial charge is 0.233 e. The van der Waals surface area contributed by atoms with Gasteiger partial charge in [0.25, 0.3) is 0 Å². The maximum atomic E-state index is 13.5. The highest BCUT2D eigenvalue weighted by Crippen LogP contribution is 2.30. The molecule has 0 atom stereocenters. The molecule has 0 unspecified atom stereocenters. The Labute approximate surface area is 132 Å². The summed E-state index contributed by atoms with van der Waals surface area (Å²) in [4.78, 5) is 18.6. The Morgan fingerprint density at radius 3 is 2.78 bits per heavy atom. The number of hydrogen-bond acceptors (Lipinski definition) is 2. The minimum atomic E-state index is -0.916. The van der Waals surface area contributed by atoms with Crippen LogP contribution >= 0.6 is 0 Å². The summed E-state index contributed by atoms with van der Waals surface area (Å²) in [5, 5.41) is 0. The Hall–Kier alpha value is -2.24. The van der Waals surface area contributed by atoms with Gasteiger partial charge in [-0.25, -0.2) is 13.8 Å². The molecule has 2 aromatic rings. The molecular formula is C17H17F2N3O. The number of amides is 1. The summed E-state index contributed by atoms with van der Waals surface area (Å²) in [5.41, 5.74) is 1.92. The Kier molecular flexibility index (Phi) is 3.39. The van der Waals surface area contributed by atoms with E-state index in [1.54, 1.807) is 0 Å². The summed E-state index contributed by atoms with van der Waals surface area (Å²) in [7, 11) is 0. The van der Waals surface area contributed by atoms with Gasteiger partial charge in [-0.1, -0.05) is 0 Å². The number of aryl methyl sites for hydroxylation is 2. The van der Waals surface area contributed by atoms with E-state index in [1.165, 1.54) is 11.0 Å². The number of imidazole rings is 1. The number of fused-ring (bicyclic) bond motifs is 2. The molecule has 23 heavy (non-hydrogen) atoms. The van der Waals surface area contributed by atoms with Crippen LogP contribution in [0, 0.1) is 11.6 Å². The first-order valence-electron chi connectivity index (χ1n) is 7.95. The van der Waals surface area contributed by atoms with Gasteiger partial charge in [0.2, 0.25) is 5.91 Å². The number of anilines is 1. The molecule has 0 N–H and O–H groups in total. The molecule has 1 amide bonds. The average Bonchev–Trinajstić information content (AvgIpc) is 3.10. The van der Waals surface area contributed by atoms with Crippen LogP contribution in [0.4, 0.5) is 14.5 Å². The fourth-order valence-electron chi connectivity index (χ4n) is 3.45. The zero-order valence-corrected chi connectivity index (χ0v) is 12.7. The maximum Gasteiger partial charge on any atom is 0.233 e. The third-order valence-corrected chi connectivity index (χ3v) is 4.61. The summed E-state index contributed by atoms with van der Waals surface area (Å²) >= 11 is 0. The summed E-state index contributed by atoms with van der Waals surface area (Å²) < 4.78 is 28.9. The van der Waals surface area contributed by atoms with Gasteiger partial charge in [-0.15, -0.1) is 0 Å². The van der Waals surface area contributed by atoms with Crippen LogP contribution in [0.25, 0.3) is 0 Å². The topological polar surface area (TPSA) is 38.1 Å². The van der Waals surface area contributed by atoms with Crippen molar-refractivity contribution < 1.29 is 13.6 Å². The lowest BCUT2D eigenvalue weighted by molar-refractivity contribution is -0.117. The van der Waals surface area contributed by atoms with Crippen molar-refractivity contribution in [1.82, 2.24) is 9.55 Å². The number of nitrogens with zero attached hydrogens (tertiary/aromatic N) is 3. The second-order valence-corrected chi connectivity index (χ2v) is 6.17. The second kappa shape index (κ2) is 5.44. The van der Waals surface area contributed by atoms with Gasteiger partial charge >= 0.3 is 0 Å². The van der Waals surface area contributed by atoms with Crippen molar-refractivity contribution in [3.63, 3.8) is 0 Å². The zero-order chi connectivity index (χ0) is 16.0. The number of hydrogen-bond donors (Lipinski definition) is 0. The summed E-state index contributed by atoms with van der Waals surface area (Å²) in [6.45, 7) is 1.41. The van der Waals surface area contributed by atoms with Crippen LogP contribution in [-0.4, -0.2) is 22.0 Å². The normalized spacial score (nSPS) is 16.3.